The van der Waals surface area contributed by atoms with E-state index in [1.54, 1.807) is 29.2 Å². The number of ether oxygens (including phenoxy) is 1. The highest BCUT2D eigenvalue weighted by atomic mass is 32.2. The summed E-state index contributed by atoms with van der Waals surface area (Å²) in [5.41, 5.74) is 1.52. The summed E-state index contributed by atoms with van der Waals surface area (Å²) in [6.45, 7) is 2.29. The molecule has 1 amide bonds. The molecule has 4 nitrogen and oxygen atoms in total. The second kappa shape index (κ2) is 7.66. The van der Waals surface area contributed by atoms with E-state index in [9.17, 15) is 9.90 Å². The van der Waals surface area contributed by atoms with Gasteiger partial charge in [0.05, 0.1) is 17.2 Å². The van der Waals surface area contributed by atoms with E-state index in [1.807, 2.05) is 49.4 Å². The van der Waals surface area contributed by atoms with Gasteiger partial charge in [-0.15, -0.1) is 0 Å². The van der Waals surface area contributed by atoms with Gasteiger partial charge in [0.15, 0.2) is 15.8 Å². The average molecular weight is 408 g/mol. The van der Waals surface area contributed by atoms with Crippen molar-refractivity contribution in [1.29, 1.82) is 0 Å². The van der Waals surface area contributed by atoms with E-state index < -0.39 is 0 Å². The quantitative estimate of drug-likeness (QED) is 0.467. The van der Waals surface area contributed by atoms with Gasteiger partial charge in [-0.3, -0.25) is 9.69 Å². The first-order valence-electron chi connectivity index (χ1n) is 8.79. The summed E-state index contributed by atoms with van der Waals surface area (Å²) in [4.78, 5) is 15.1. The molecule has 0 saturated carbocycles. The van der Waals surface area contributed by atoms with Crippen molar-refractivity contribution in [2.75, 3.05) is 11.5 Å². The monoisotopic (exact) mass is 407 g/mol. The predicted octanol–water partition coefficient (Wildman–Crippen LogP) is 5.35. The fourth-order valence-corrected chi connectivity index (χ4v) is 4.35. The zero-order valence-corrected chi connectivity index (χ0v) is 16.7. The molecule has 0 aromatic heterocycles. The van der Waals surface area contributed by atoms with Crippen LogP contribution in [0.5, 0.6) is 11.5 Å². The first-order valence-corrected chi connectivity index (χ1v) is 10.0. The third kappa shape index (κ3) is 3.48. The van der Waals surface area contributed by atoms with E-state index in [-0.39, 0.29) is 11.7 Å². The predicted molar refractivity (Wildman–Crippen MR) is 119 cm³/mol. The normalized spacial score (nSPS) is 15.6. The van der Waals surface area contributed by atoms with Crippen LogP contribution >= 0.6 is 24.0 Å². The van der Waals surface area contributed by atoms with Crippen LogP contribution in [0.1, 0.15) is 12.5 Å². The Balaban J connectivity index is 1.66. The number of phenols is 1. The lowest BCUT2D eigenvalue weighted by atomic mass is 10.1. The number of nitrogens with zero attached hydrogens (tertiary/aromatic N) is 1. The van der Waals surface area contributed by atoms with Crippen LogP contribution in [-0.2, 0) is 4.79 Å². The number of amides is 1. The zero-order chi connectivity index (χ0) is 19.7. The Bertz CT molecular complexity index is 1120. The lowest BCUT2D eigenvalue weighted by Crippen LogP contribution is -2.27. The first kappa shape index (κ1) is 18.5. The molecule has 0 unspecified atom stereocenters. The molecule has 3 aromatic rings. The van der Waals surface area contributed by atoms with E-state index in [1.165, 1.54) is 11.8 Å². The molecule has 0 aliphatic carbocycles. The molecule has 3 aromatic carbocycles. The standard InChI is InChI=1S/C22H17NO3S2/c1-2-26-19-11-14(7-10-18(19)24)12-20-21(25)23(22(27)28-20)17-9-8-15-5-3-4-6-16(15)13-17/h3-13,24H,2H2,1H3/b20-12+. The van der Waals surface area contributed by atoms with Crippen molar-refractivity contribution >= 4 is 56.7 Å². The number of thioether (sulfide) groups is 1. The molecular weight excluding hydrogens is 390 g/mol. The van der Waals surface area contributed by atoms with Crippen LogP contribution in [0.25, 0.3) is 16.8 Å². The highest BCUT2D eigenvalue weighted by Gasteiger charge is 2.33. The van der Waals surface area contributed by atoms with E-state index in [4.69, 9.17) is 17.0 Å². The molecule has 1 saturated heterocycles. The van der Waals surface area contributed by atoms with E-state index in [2.05, 4.69) is 0 Å². The highest BCUT2D eigenvalue weighted by molar-refractivity contribution is 8.27. The Labute approximate surface area is 172 Å². The number of carbonyl (C=O) groups is 1. The Morgan fingerprint density at radius 3 is 2.68 bits per heavy atom. The molecule has 1 heterocycles. The molecule has 140 valence electrons. The molecular formula is C22H17NO3S2. The van der Waals surface area contributed by atoms with Gasteiger partial charge in [-0.2, -0.15) is 0 Å². The maximum atomic E-state index is 13.0. The minimum Gasteiger partial charge on any atom is -0.504 e. The maximum absolute atomic E-state index is 13.0. The first-order chi connectivity index (χ1) is 13.6. The molecule has 1 fully saturated rings. The van der Waals surface area contributed by atoms with Crippen molar-refractivity contribution in [3.63, 3.8) is 0 Å². The van der Waals surface area contributed by atoms with E-state index in [0.717, 1.165) is 22.0 Å². The number of rotatable bonds is 4. The fraction of sp³-hybridized carbons (Fsp3) is 0.0909. The molecule has 4 rings (SSSR count). The number of hydrogen-bond donors (Lipinski definition) is 1. The van der Waals surface area contributed by atoms with Gasteiger partial charge in [0.2, 0.25) is 0 Å². The Hall–Kier alpha value is -2.83. The van der Waals surface area contributed by atoms with Crippen molar-refractivity contribution in [3.8, 4) is 11.5 Å². The van der Waals surface area contributed by atoms with Crippen LogP contribution in [-0.4, -0.2) is 21.9 Å². The van der Waals surface area contributed by atoms with Crippen molar-refractivity contribution in [3.05, 3.63) is 71.1 Å². The second-order valence-corrected chi connectivity index (χ2v) is 7.88. The Morgan fingerprint density at radius 1 is 1.11 bits per heavy atom. The van der Waals surface area contributed by atoms with E-state index in [0.29, 0.717) is 21.6 Å². The molecule has 0 bridgehead atoms. The number of fused-ring (bicyclic) bond motifs is 1. The zero-order valence-electron chi connectivity index (χ0n) is 15.1. The smallest absolute Gasteiger partial charge is 0.270 e. The highest BCUT2D eigenvalue weighted by Crippen LogP contribution is 2.37. The van der Waals surface area contributed by atoms with Gasteiger partial charge in [0.1, 0.15) is 0 Å². The number of aromatic hydroxyl groups is 1. The van der Waals surface area contributed by atoms with Crippen LogP contribution in [0.4, 0.5) is 5.69 Å². The minimum absolute atomic E-state index is 0.0720. The minimum atomic E-state index is -0.156. The topological polar surface area (TPSA) is 49.8 Å². The largest absolute Gasteiger partial charge is 0.504 e. The summed E-state index contributed by atoms with van der Waals surface area (Å²) in [6.07, 6.45) is 1.77. The maximum Gasteiger partial charge on any atom is 0.270 e. The van der Waals surface area contributed by atoms with Crippen LogP contribution < -0.4 is 9.64 Å². The van der Waals surface area contributed by atoms with Crippen LogP contribution in [0.2, 0.25) is 0 Å². The van der Waals surface area contributed by atoms with Crippen molar-refractivity contribution in [2.45, 2.75) is 6.92 Å². The van der Waals surface area contributed by atoms with Gasteiger partial charge >= 0.3 is 0 Å². The third-order valence-electron chi connectivity index (χ3n) is 4.37. The van der Waals surface area contributed by atoms with Crippen LogP contribution in [0.15, 0.2) is 65.6 Å². The summed E-state index contributed by atoms with van der Waals surface area (Å²) in [5, 5.41) is 12.0. The summed E-state index contributed by atoms with van der Waals surface area (Å²) >= 11 is 6.73. The van der Waals surface area contributed by atoms with Gasteiger partial charge in [0, 0.05) is 0 Å². The molecule has 1 N–H and O–H groups in total. The SMILES string of the molecule is CCOc1cc(/C=C2/SC(=S)N(c3ccc4ccccc4c3)C2=O)ccc1O. The average Bonchev–Trinajstić information content (AvgIpc) is 2.97. The molecule has 6 heteroatoms. The second-order valence-electron chi connectivity index (χ2n) is 6.21. The van der Waals surface area contributed by atoms with Gasteiger partial charge in [0.25, 0.3) is 5.91 Å². The van der Waals surface area contributed by atoms with Gasteiger partial charge in [-0.05, 0) is 53.6 Å². The van der Waals surface area contributed by atoms with Crippen LogP contribution in [0, 0.1) is 0 Å². The molecule has 1 aliphatic rings. The number of benzene rings is 3. The summed E-state index contributed by atoms with van der Waals surface area (Å²) in [7, 11) is 0. The lowest BCUT2D eigenvalue weighted by molar-refractivity contribution is -0.113. The van der Waals surface area contributed by atoms with Gasteiger partial charge in [-0.25, -0.2) is 0 Å². The fourth-order valence-electron chi connectivity index (χ4n) is 3.05. The number of anilines is 1. The van der Waals surface area contributed by atoms with Crippen molar-refractivity contribution in [2.24, 2.45) is 0 Å². The summed E-state index contributed by atoms with van der Waals surface area (Å²) in [6, 6.07) is 18.9. The molecule has 0 atom stereocenters. The lowest BCUT2D eigenvalue weighted by Gasteiger charge is -2.15. The molecule has 28 heavy (non-hydrogen) atoms. The van der Waals surface area contributed by atoms with E-state index >= 15 is 0 Å². The van der Waals surface area contributed by atoms with Crippen LogP contribution in [0.3, 0.4) is 0 Å². The molecule has 0 radical (unpaired) electrons. The molecule has 0 spiro atoms. The van der Waals surface area contributed by atoms with Gasteiger partial charge in [-0.1, -0.05) is 60.4 Å². The third-order valence-corrected chi connectivity index (χ3v) is 5.67. The summed E-state index contributed by atoms with van der Waals surface area (Å²) < 4.78 is 5.91. The Morgan fingerprint density at radius 2 is 1.89 bits per heavy atom. The van der Waals surface area contributed by atoms with Gasteiger partial charge < -0.3 is 9.84 Å². The summed E-state index contributed by atoms with van der Waals surface area (Å²) in [5.74, 6) is 0.306. The van der Waals surface area contributed by atoms with Crippen molar-refractivity contribution < 1.29 is 14.6 Å². The van der Waals surface area contributed by atoms with Crippen molar-refractivity contribution in [1.82, 2.24) is 0 Å². The number of thiocarbonyl (C=S) groups is 1. The number of carbonyl (C=O) groups excluding carboxylic acids is 1. The number of phenolic OH excluding ortho intramolecular Hbond substituents is 1. The number of hydrogen-bond acceptors (Lipinski definition) is 5. The molecule has 1 aliphatic heterocycles. The Kier molecular flexibility index (Phi) is 5.07.